The predicted molar refractivity (Wildman–Crippen MR) is 75.6 cm³/mol. The van der Waals surface area contributed by atoms with Gasteiger partial charge in [0.2, 0.25) is 5.91 Å². The fourth-order valence-electron chi connectivity index (χ4n) is 2.47. The molecule has 0 aliphatic carbocycles. The number of fused-ring (bicyclic) bond motifs is 1. The minimum Gasteiger partial charge on any atom is -0.494 e. The second kappa shape index (κ2) is 5.16. The summed E-state index contributed by atoms with van der Waals surface area (Å²) >= 11 is 0. The molecule has 0 N–H and O–H groups in total. The van der Waals surface area contributed by atoms with Gasteiger partial charge in [0, 0.05) is 18.0 Å². The largest absolute Gasteiger partial charge is 0.494 e. The van der Waals surface area contributed by atoms with Crippen LogP contribution < -0.4 is 9.64 Å². The third-order valence-corrected chi connectivity index (χ3v) is 3.59. The number of nitrogens with zero attached hydrogens (tertiary/aromatic N) is 4. The fraction of sp³-hybridized carbons (Fsp3) is 0.357. The smallest absolute Gasteiger partial charge is 0.243 e. The zero-order valence-electron chi connectivity index (χ0n) is 11.8. The number of carbonyl (C=O) groups excluding carboxylic acids is 1. The number of rotatable bonds is 3. The number of benzene rings is 1. The van der Waals surface area contributed by atoms with E-state index in [1.165, 1.54) is 19.5 Å². The molecule has 6 nitrogen and oxygen atoms in total. The van der Waals surface area contributed by atoms with Crippen molar-refractivity contribution in [3.05, 3.63) is 24.3 Å². The van der Waals surface area contributed by atoms with E-state index >= 15 is 0 Å². The van der Waals surface area contributed by atoms with E-state index in [9.17, 15) is 9.18 Å². The van der Waals surface area contributed by atoms with E-state index in [4.69, 9.17) is 4.74 Å². The maximum absolute atomic E-state index is 13.7. The Hall–Kier alpha value is -2.44. The lowest BCUT2D eigenvalue weighted by molar-refractivity contribution is -0.126. The van der Waals surface area contributed by atoms with Gasteiger partial charge in [-0.2, -0.15) is 0 Å². The molecule has 1 aliphatic rings. The number of amides is 1. The number of methoxy groups -OCH3 is 1. The van der Waals surface area contributed by atoms with Crippen molar-refractivity contribution in [2.45, 2.75) is 6.92 Å². The van der Waals surface area contributed by atoms with Crippen molar-refractivity contribution in [2.24, 2.45) is 0 Å². The van der Waals surface area contributed by atoms with Gasteiger partial charge >= 0.3 is 0 Å². The first-order valence-electron chi connectivity index (χ1n) is 6.65. The Morgan fingerprint density at radius 1 is 1.38 bits per heavy atom. The first-order valence-corrected chi connectivity index (χ1v) is 6.65. The van der Waals surface area contributed by atoms with Gasteiger partial charge in [-0.25, -0.2) is 14.4 Å². The van der Waals surface area contributed by atoms with E-state index in [2.05, 4.69) is 9.97 Å². The maximum atomic E-state index is 13.7. The van der Waals surface area contributed by atoms with Crippen LogP contribution in [-0.2, 0) is 4.79 Å². The van der Waals surface area contributed by atoms with Gasteiger partial charge in [0.1, 0.15) is 18.7 Å². The maximum Gasteiger partial charge on any atom is 0.243 e. The van der Waals surface area contributed by atoms with E-state index in [1.807, 2.05) is 11.8 Å². The van der Waals surface area contributed by atoms with Gasteiger partial charge in [-0.05, 0) is 13.0 Å². The van der Waals surface area contributed by atoms with Gasteiger partial charge < -0.3 is 14.5 Å². The van der Waals surface area contributed by atoms with Crippen LogP contribution >= 0.6 is 0 Å². The molecule has 1 aromatic carbocycles. The molecule has 0 radical (unpaired) electrons. The van der Waals surface area contributed by atoms with Gasteiger partial charge in [-0.15, -0.1) is 0 Å². The summed E-state index contributed by atoms with van der Waals surface area (Å²) in [7, 11) is 1.41. The number of carbonyl (C=O) groups is 1. The molecule has 0 saturated carbocycles. The highest BCUT2D eigenvalue weighted by atomic mass is 19.1. The van der Waals surface area contributed by atoms with Crippen molar-refractivity contribution in [3.63, 3.8) is 0 Å². The van der Waals surface area contributed by atoms with E-state index in [-0.39, 0.29) is 18.2 Å². The van der Waals surface area contributed by atoms with Crippen molar-refractivity contribution < 1.29 is 13.9 Å². The molecule has 0 spiro atoms. The molecule has 0 bridgehead atoms. The summed E-state index contributed by atoms with van der Waals surface area (Å²) in [6.07, 6.45) is 1.38. The lowest BCUT2D eigenvalue weighted by atomic mass is 10.2. The normalized spacial score (nSPS) is 15.1. The Kier molecular flexibility index (Phi) is 3.32. The van der Waals surface area contributed by atoms with Crippen LogP contribution in [0.1, 0.15) is 6.92 Å². The summed E-state index contributed by atoms with van der Waals surface area (Å²) < 4.78 is 18.8. The van der Waals surface area contributed by atoms with Gasteiger partial charge in [0.05, 0.1) is 19.3 Å². The highest BCUT2D eigenvalue weighted by molar-refractivity contribution is 5.94. The van der Waals surface area contributed by atoms with Crippen LogP contribution in [0.2, 0.25) is 0 Å². The second-order valence-corrected chi connectivity index (χ2v) is 4.79. The SMILES string of the molecule is CCN1CN(c2ncnc3cc(F)c(OC)cc23)CC1=O. The zero-order chi connectivity index (χ0) is 15.0. The Labute approximate surface area is 121 Å². The van der Waals surface area contributed by atoms with E-state index in [0.29, 0.717) is 29.9 Å². The third-order valence-electron chi connectivity index (χ3n) is 3.59. The van der Waals surface area contributed by atoms with Crippen LogP contribution in [0.4, 0.5) is 10.2 Å². The van der Waals surface area contributed by atoms with Crippen LogP contribution in [0.3, 0.4) is 0 Å². The lowest BCUT2D eigenvalue weighted by Gasteiger charge is -2.19. The molecule has 1 aromatic heterocycles. The Morgan fingerprint density at radius 3 is 2.86 bits per heavy atom. The predicted octanol–water partition coefficient (Wildman–Crippen LogP) is 1.40. The first-order chi connectivity index (χ1) is 10.1. The molecule has 1 saturated heterocycles. The molecule has 0 atom stereocenters. The molecule has 0 unspecified atom stereocenters. The summed E-state index contributed by atoms with van der Waals surface area (Å²) in [5.41, 5.74) is 0.487. The molecule has 21 heavy (non-hydrogen) atoms. The second-order valence-electron chi connectivity index (χ2n) is 4.79. The van der Waals surface area contributed by atoms with Crippen LogP contribution in [0.25, 0.3) is 10.9 Å². The molecule has 2 aromatic rings. The van der Waals surface area contributed by atoms with Crippen LogP contribution in [0.5, 0.6) is 5.75 Å². The minimum absolute atomic E-state index is 0.0540. The van der Waals surface area contributed by atoms with Crippen molar-refractivity contribution in [1.82, 2.24) is 14.9 Å². The third kappa shape index (κ3) is 2.24. The molecular weight excluding hydrogens is 275 g/mol. The molecule has 110 valence electrons. The van der Waals surface area contributed by atoms with E-state index in [1.54, 1.807) is 11.0 Å². The summed E-state index contributed by atoms with van der Waals surface area (Å²) in [6.45, 7) is 3.31. The number of hydrogen-bond acceptors (Lipinski definition) is 5. The lowest BCUT2D eigenvalue weighted by Crippen LogP contribution is -2.27. The van der Waals surface area contributed by atoms with E-state index < -0.39 is 5.82 Å². The summed E-state index contributed by atoms with van der Waals surface area (Å²) in [5.74, 6) is 0.333. The summed E-state index contributed by atoms with van der Waals surface area (Å²) in [4.78, 5) is 23.8. The number of aromatic nitrogens is 2. The monoisotopic (exact) mass is 290 g/mol. The number of ether oxygens (including phenoxy) is 1. The van der Waals surface area contributed by atoms with Crippen molar-refractivity contribution in [1.29, 1.82) is 0 Å². The van der Waals surface area contributed by atoms with Crippen LogP contribution in [0, 0.1) is 5.82 Å². The van der Waals surface area contributed by atoms with Gasteiger partial charge in [-0.3, -0.25) is 4.79 Å². The molecule has 1 amide bonds. The first kappa shape index (κ1) is 13.5. The molecule has 2 heterocycles. The van der Waals surface area contributed by atoms with Crippen molar-refractivity contribution in [2.75, 3.05) is 31.8 Å². The average molecular weight is 290 g/mol. The topological polar surface area (TPSA) is 58.6 Å². The summed E-state index contributed by atoms with van der Waals surface area (Å²) in [5, 5.41) is 0.668. The van der Waals surface area contributed by atoms with Gasteiger partial charge in [0.15, 0.2) is 11.6 Å². The zero-order valence-corrected chi connectivity index (χ0v) is 11.8. The van der Waals surface area contributed by atoms with Crippen molar-refractivity contribution >= 4 is 22.6 Å². The Bertz CT molecular complexity index is 707. The molecular formula is C14H15FN4O2. The summed E-state index contributed by atoms with van der Waals surface area (Å²) in [6, 6.07) is 2.88. The quantitative estimate of drug-likeness (QED) is 0.855. The highest BCUT2D eigenvalue weighted by Crippen LogP contribution is 2.30. The molecule has 1 fully saturated rings. The number of halogens is 1. The van der Waals surface area contributed by atoms with Crippen molar-refractivity contribution in [3.8, 4) is 5.75 Å². The average Bonchev–Trinajstić information content (AvgIpc) is 2.86. The van der Waals surface area contributed by atoms with E-state index in [0.717, 1.165) is 0 Å². The molecule has 7 heteroatoms. The molecule has 1 aliphatic heterocycles. The number of hydrogen-bond donors (Lipinski definition) is 0. The standard InChI is InChI=1S/C14H15FN4O2/c1-3-18-8-19(6-13(18)20)14-9-4-12(21-2)10(15)5-11(9)16-7-17-14/h4-5,7H,3,6,8H2,1-2H3. The Morgan fingerprint density at radius 2 is 2.19 bits per heavy atom. The van der Waals surface area contributed by atoms with Crippen LogP contribution in [0.15, 0.2) is 18.5 Å². The van der Waals surface area contributed by atoms with Gasteiger partial charge in [0.25, 0.3) is 0 Å². The fourth-order valence-corrected chi connectivity index (χ4v) is 2.47. The Balaban J connectivity index is 2.09. The highest BCUT2D eigenvalue weighted by Gasteiger charge is 2.28. The van der Waals surface area contributed by atoms with Crippen LogP contribution in [-0.4, -0.2) is 47.6 Å². The molecule has 3 rings (SSSR count). The number of anilines is 1. The number of likely N-dealkylation sites (N-methyl/N-ethyl adjacent to an activating group) is 1. The van der Waals surface area contributed by atoms with Gasteiger partial charge in [-0.1, -0.05) is 0 Å². The minimum atomic E-state index is -0.470.